The van der Waals surface area contributed by atoms with Crippen molar-refractivity contribution in [1.29, 1.82) is 0 Å². The van der Waals surface area contributed by atoms with Gasteiger partial charge in [-0.2, -0.15) is 0 Å². The summed E-state index contributed by atoms with van der Waals surface area (Å²) in [5.41, 5.74) is 2.02. The van der Waals surface area contributed by atoms with Gasteiger partial charge in [-0.05, 0) is 36.2 Å². The van der Waals surface area contributed by atoms with Crippen LogP contribution < -0.4 is 5.32 Å². The Bertz CT molecular complexity index is 598. The fraction of sp³-hybridized carbons (Fsp3) is 0.188. The van der Waals surface area contributed by atoms with Gasteiger partial charge in [0, 0.05) is 9.50 Å². The highest BCUT2D eigenvalue weighted by Crippen LogP contribution is 2.22. The van der Waals surface area contributed by atoms with Crippen molar-refractivity contribution in [3.05, 3.63) is 69.2 Å². The van der Waals surface area contributed by atoms with Crippen LogP contribution in [0.25, 0.3) is 0 Å². The molecule has 0 bridgehead atoms. The Morgan fingerprint density at radius 2 is 1.85 bits per heavy atom. The number of benzene rings is 2. The topological polar surface area (TPSA) is 29.1 Å². The maximum absolute atomic E-state index is 12.0. The average Bonchev–Trinajstić information content (AvgIpc) is 2.41. The van der Waals surface area contributed by atoms with E-state index in [9.17, 15) is 4.79 Å². The molecule has 104 valence electrons. The Kier molecular flexibility index (Phi) is 5.21. The van der Waals surface area contributed by atoms with Gasteiger partial charge in [-0.1, -0.05) is 57.9 Å². The Morgan fingerprint density at radius 1 is 1.20 bits per heavy atom. The standard InChI is InChI=1S/C16H15BrClNO/c1-11(14-4-2-3-5-15(14)17)19-16(20)10-12-6-8-13(18)9-7-12/h2-9,11H,10H2,1H3,(H,19,20)/t11-/m1/s1. The molecule has 1 amide bonds. The molecule has 4 heteroatoms. The van der Waals surface area contributed by atoms with E-state index in [0.717, 1.165) is 15.6 Å². The third kappa shape index (κ3) is 4.09. The van der Waals surface area contributed by atoms with E-state index in [2.05, 4.69) is 21.2 Å². The van der Waals surface area contributed by atoms with E-state index < -0.39 is 0 Å². The minimum atomic E-state index is -0.0367. The number of nitrogens with one attached hydrogen (secondary N) is 1. The lowest BCUT2D eigenvalue weighted by atomic mass is 10.1. The van der Waals surface area contributed by atoms with Crippen molar-refractivity contribution < 1.29 is 4.79 Å². The van der Waals surface area contributed by atoms with Crippen molar-refractivity contribution in [2.75, 3.05) is 0 Å². The highest BCUT2D eigenvalue weighted by atomic mass is 79.9. The van der Waals surface area contributed by atoms with Gasteiger partial charge in [-0.15, -0.1) is 0 Å². The highest BCUT2D eigenvalue weighted by molar-refractivity contribution is 9.10. The van der Waals surface area contributed by atoms with Crippen LogP contribution in [0.5, 0.6) is 0 Å². The van der Waals surface area contributed by atoms with Crippen molar-refractivity contribution in [2.45, 2.75) is 19.4 Å². The van der Waals surface area contributed by atoms with Crippen molar-refractivity contribution in [2.24, 2.45) is 0 Å². The summed E-state index contributed by atoms with van der Waals surface area (Å²) < 4.78 is 0.999. The largest absolute Gasteiger partial charge is 0.349 e. The summed E-state index contributed by atoms with van der Waals surface area (Å²) in [5.74, 6) is -0.00410. The third-order valence-corrected chi connectivity index (χ3v) is 4.00. The van der Waals surface area contributed by atoms with E-state index in [1.54, 1.807) is 12.1 Å². The predicted molar refractivity (Wildman–Crippen MR) is 85.9 cm³/mol. The second kappa shape index (κ2) is 6.91. The van der Waals surface area contributed by atoms with Gasteiger partial charge in [0.25, 0.3) is 0 Å². The van der Waals surface area contributed by atoms with E-state index in [4.69, 9.17) is 11.6 Å². The van der Waals surface area contributed by atoms with E-state index in [1.807, 2.05) is 43.3 Å². The molecule has 1 N–H and O–H groups in total. The van der Waals surface area contributed by atoms with Crippen LogP contribution in [0.2, 0.25) is 5.02 Å². The van der Waals surface area contributed by atoms with Gasteiger partial charge in [-0.25, -0.2) is 0 Å². The van der Waals surface area contributed by atoms with Crippen LogP contribution >= 0.6 is 27.5 Å². The SMILES string of the molecule is C[C@@H](NC(=O)Cc1ccc(Cl)cc1)c1ccccc1Br. The second-order valence-corrected chi connectivity index (χ2v) is 5.90. The summed E-state index contributed by atoms with van der Waals surface area (Å²) in [6, 6.07) is 15.2. The Morgan fingerprint density at radius 3 is 2.50 bits per heavy atom. The number of carbonyl (C=O) groups excluding carboxylic acids is 1. The molecule has 0 heterocycles. The molecular formula is C16H15BrClNO. The van der Waals surface area contributed by atoms with Gasteiger partial charge in [0.1, 0.15) is 0 Å². The number of carbonyl (C=O) groups is 1. The molecular weight excluding hydrogens is 338 g/mol. The zero-order valence-electron chi connectivity index (χ0n) is 11.1. The minimum absolute atomic E-state index is 0.00410. The Balaban J connectivity index is 1.98. The molecule has 2 nitrogen and oxygen atoms in total. The van der Waals surface area contributed by atoms with Crippen molar-refractivity contribution in [1.82, 2.24) is 5.32 Å². The number of hydrogen-bond acceptors (Lipinski definition) is 1. The normalized spacial score (nSPS) is 11.9. The smallest absolute Gasteiger partial charge is 0.224 e. The summed E-state index contributed by atoms with van der Waals surface area (Å²) >= 11 is 9.32. The number of halogens is 2. The zero-order valence-corrected chi connectivity index (χ0v) is 13.4. The van der Waals surface area contributed by atoms with Crippen LogP contribution in [0, 0.1) is 0 Å². The monoisotopic (exact) mass is 351 g/mol. The molecule has 0 saturated carbocycles. The lowest BCUT2D eigenvalue weighted by Crippen LogP contribution is -2.28. The molecule has 0 radical (unpaired) electrons. The number of amides is 1. The summed E-state index contributed by atoms with van der Waals surface area (Å²) in [6.45, 7) is 1.97. The molecule has 0 aliphatic rings. The average molecular weight is 353 g/mol. The fourth-order valence-corrected chi connectivity index (χ4v) is 2.74. The van der Waals surface area contributed by atoms with E-state index >= 15 is 0 Å². The van der Waals surface area contributed by atoms with Crippen LogP contribution in [0.15, 0.2) is 53.0 Å². The fourth-order valence-electron chi connectivity index (χ4n) is 1.98. The van der Waals surface area contributed by atoms with Gasteiger partial charge < -0.3 is 5.32 Å². The molecule has 1 atom stereocenters. The van der Waals surface area contributed by atoms with Crippen molar-refractivity contribution in [3.8, 4) is 0 Å². The van der Waals surface area contributed by atoms with E-state index in [-0.39, 0.29) is 11.9 Å². The first-order chi connectivity index (χ1) is 9.56. The van der Waals surface area contributed by atoms with Crippen LogP contribution in [0.4, 0.5) is 0 Å². The number of hydrogen-bond donors (Lipinski definition) is 1. The molecule has 0 aliphatic carbocycles. The van der Waals surface area contributed by atoms with E-state index in [0.29, 0.717) is 11.4 Å². The van der Waals surface area contributed by atoms with Crippen LogP contribution in [-0.2, 0) is 11.2 Å². The summed E-state index contributed by atoms with van der Waals surface area (Å²) in [5, 5.41) is 3.67. The van der Waals surface area contributed by atoms with Gasteiger partial charge in [0.05, 0.1) is 12.5 Å². The molecule has 0 spiro atoms. The van der Waals surface area contributed by atoms with Crippen LogP contribution in [-0.4, -0.2) is 5.91 Å². The summed E-state index contributed by atoms with van der Waals surface area (Å²) in [6.07, 6.45) is 0.353. The lowest BCUT2D eigenvalue weighted by molar-refractivity contribution is -0.121. The maximum Gasteiger partial charge on any atom is 0.224 e. The molecule has 2 aromatic carbocycles. The molecule has 20 heavy (non-hydrogen) atoms. The number of rotatable bonds is 4. The predicted octanol–water partition coefficient (Wildman–Crippen LogP) is 4.52. The van der Waals surface area contributed by atoms with E-state index in [1.165, 1.54) is 0 Å². The lowest BCUT2D eigenvalue weighted by Gasteiger charge is -2.16. The van der Waals surface area contributed by atoms with Gasteiger partial charge >= 0.3 is 0 Å². The molecule has 2 aromatic rings. The van der Waals surface area contributed by atoms with Crippen molar-refractivity contribution in [3.63, 3.8) is 0 Å². The van der Waals surface area contributed by atoms with Crippen LogP contribution in [0.1, 0.15) is 24.1 Å². The highest BCUT2D eigenvalue weighted by Gasteiger charge is 2.12. The van der Waals surface area contributed by atoms with Gasteiger partial charge in [0.2, 0.25) is 5.91 Å². The molecule has 0 aromatic heterocycles. The van der Waals surface area contributed by atoms with Crippen molar-refractivity contribution >= 4 is 33.4 Å². The zero-order chi connectivity index (χ0) is 14.5. The first kappa shape index (κ1) is 15.1. The van der Waals surface area contributed by atoms with Gasteiger partial charge in [0.15, 0.2) is 0 Å². The Labute approximate surface area is 132 Å². The third-order valence-electron chi connectivity index (χ3n) is 3.03. The molecule has 0 unspecified atom stereocenters. The minimum Gasteiger partial charge on any atom is -0.349 e. The van der Waals surface area contributed by atoms with Gasteiger partial charge in [-0.3, -0.25) is 4.79 Å². The second-order valence-electron chi connectivity index (χ2n) is 4.61. The first-order valence-corrected chi connectivity index (χ1v) is 7.51. The van der Waals surface area contributed by atoms with Crippen LogP contribution in [0.3, 0.4) is 0 Å². The molecule has 0 aliphatic heterocycles. The summed E-state index contributed by atoms with van der Waals surface area (Å²) in [7, 11) is 0. The maximum atomic E-state index is 12.0. The molecule has 2 rings (SSSR count). The summed E-state index contributed by atoms with van der Waals surface area (Å²) in [4.78, 5) is 12.0. The quantitative estimate of drug-likeness (QED) is 0.861. The molecule has 0 saturated heterocycles. The first-order valence-electron chi connectivity index (χ1n) is 6.34. The molecule has 0 fully saturated rings. The Hall–Kier alpha value is -1.32.